The van der Waals surface area contributed by atoms with Crippen molar-refractivity contribution < 1.29 is 38.1 Å². The van der Waals surface area contributed by atoms with E-state index in [1.165, 1.54) is 18.2 Å². The molecule has 0 radical (unpaired) electrons. The van der Waals surface area contributed by atoms with E-state index in [0.717, 1.165) is 26.1 Å². The molecule has 7 rings (SSSR count). The molecule has 2 saturated heterocycles. The number of benzene rings is 3. The zero-order chi connectivity index (χ0) is 41.6. The Morgan fingerprint density at radius 3 is 2.46 bits per heavy atom. The van der Waals surface area contributed by atoms with Crippen LogP contribution in [-0.2, 0) is 20.9 Å². The predicted octanol–water partition coefficient (Wildman–Crippen LogP) is 5.71. The Labute approximate surface area is 351 Å². The number of nitrogens with zero attached hydrogens (tertiary/aromatic N) is 5. The van der Waals surface area contributed by atoms with E-state index in [9.17, 15) is 24.4 Å². The van der Waals surface area contributed by atoms with Crippen LogP contribution in [0.2, 0.25) is 10.0 Å². The monoisotopic (exact) mass is 843 g/mol. The van der Waals surface area contributed by atoms with Crippen LogP contribution in [0.5, 0.6) is 23.0 Å². The molecule has 2 N–H and O–H groups in total. The van der Waals surface area contributed by atoms with E-state index >= 15 is 0 Å². The summed E-state index contributed by atoms with van der Waals surface area (Å²) in [5.41, 5.74) is 3.09. The minimum absolute atomic E-state index is 0.0716. The Hall–Kier alpha value is -5.82. The van der Waals surface area contributed by atoms with Gasteiger partial charge in [0.15, 0.2) is 11.5 Å². The smallest absolute Gasteiger partial charge is 0.255 e. The highest BCUT2D eigenvalue weighted by Crippen LogP contribution is 2.41. The van der Waals surface area contributed by atoms with Crippen molar-refractivity contribution in [1.29, 1.82) is 5.26 Å². The number of anilines is 2. The zero-order valence-corrected chi connectivity index (χ0v) is 34.2. The van der Waals surface area contributed by atoms with Crippen molar-refractivity contribution in [2.45, 2.75) is 44.7 Å². The fourth-order valence-electron chi connectivity index (χ4n) is 7.55. The highest BCUT2D eigenvalue weighted by atomic mass is 35.5. The van der Waals surface area contributed by atoms with Gasteiger partial charge in [0, 0.05) is 80.4 Å². The molecule has 3 aliphatic heterocycles. The maximum absolute atomic E-state index is 13.1. The number of carbonyl (C=O) groups excluding carboxylic acids is 4. The summed E-state index contributed by atoms with van der Waals surface area (Å²) in [5.74, 6) is 1.02. The van der Waals surface area contributed by atoms with Crippen molar-refractivity contribution >= 4 is 69.1 Å². The Morgan fingerprint density at radius 1 is 0.949 bits per heavy atom. The highest BCUT2D eigenvalue weighted by molar-refractivity contribution is 6.37. The first-order valence-corrected chi connectivity index (χ1v) is 20.1. The quantitative estimate of drug-likeness (QED) is 0.110. The number of rotatable bonds is 15. The number of fused-ring (bicyclic) bond motifs is 2. The number of pyridine rings is 1. The largest absolute Gasteiger partial charge is 0.495 e. The third-order valence-corrected chi connectivity index (χ3v) is 11.3. The first-order chi connectivity index (χ1) is 28.6. The number of methoxy groups -OCH3 is 2. The molecule has 0 aliphatic carbocycles. The van der Waals surface area contributed by atoms with E-state index in [4.69, 9.17) is 42.1 Å². The van der Waals surface area contributed by atoms with Crippen molar-refractivity contribution in [3.8, 4) is 29.1 Å². The van der Waals surface area contributed by atoms with E-state index < -0.39 is 11.9 Å². The number of ether oxygens (including phenoxy) is 4. The standard InChI is InChI=1S/C42H43Cl2N7O8/c1-56-35-21-32(29(43)19-30(35)44)47-40-25(22-45)23-46-31-20-37(36(57-2)18-27(31)40)59-17-5-11-49-12-14-50(15-13-49)39(53)8-4-16-58-34-7-3-6-26-28(34)24-51(42(26)55)33-9-10-38(52)48-41(33)54/h3,6-7,18-21,23,33H,4-5,8-17,24H2,1-2H3,(H,46,47)(H,48,52,54). The second-order valence-corrected chi connectivity index (χ2v) is 15.1. The molecule has 1 aromatic heterocycles. The lowest BCUT2D eigenvalue weighted by Crippen LogP contribution is -2.52. The number of halogens is 2. The summed E-state index contributed by atoms with van der Waals surface area (Å²) in [6, 6.07) is 13.5. The van der Waals surface area contributed by atoms with E-state index in [1.54, 1.807) is 49.6 Å². The van der Waals surface area contributed by atoms with Crippen molar-refractivity contribution in [3.63, 3.8) is 0 Å². The maximum atomic E-state index is 13.1. The second-order valence-electron chi connectivity index (χ2n) is 14.3. The van der Waals surface area contributed by atoms with Gasteiger partial charge in [0.2, 0.25) is 17.7 Å². The molecule has 1 unspecified atom stereocenters. The van der Waals surface area contributed by atoms with Crippen LogP contribution in [0, 0.1) is 11.3 Å². The average molecular weight is 845 g/mol. The number of nitriles is 1. The van der Waals surface area contributed by atoms with Gasteiger partial charge in [-0.25, -0.2) is 0 Å². The summed E-state index contributed by atoms with van der Waals surface area (Å²) in [6.45, 7) is 4.51. The highest BCUT2D eigenvalue weighted by Gasteiger charge is 2.40. The van der Waals surface area contributed by atoms with Gasteiger partial charge in [0.25, 0.3) is 5.91 Å². The van der Waals surface area contributed by atoms with E-state index in [2.05, 4.69) is 26.6 Å². The van der Waals surface area contributed by atoms with Crippen LogP contribution in [0.1, 0.15) is 53.6 Å². The van der Waals surface area contributed by atoms with Gasteiger partial charge in [-0.2, -0.15) is 5.26 Å². The number of nitrogens with one attached hydrogen (secondary N) is 2. The van der Waals surface area contributed by atoms with E-state index in [1.807, 2.05) is 4.90 Å². The van der Waals surface area contributed by atoms with Gasteiger partial charge in [-0.3, -0.25) is 34.4 Å². The molecule has 1 atom stereocenters. The first kappa shape index (κ1) is 41.3. The van der Waals surface area contributed by atoms with Gasteiger partial charge in [0.05, 0.1) is 66.5 Å². The number of carbonyl (C=O) groups is 4. The summed E-state index contributed by atoms with van der Waals surface area (Å²) >= 11 is 12.7. The summed E-state index contributed by atoms with van der Waals surface area (Å²) in [6.07, 6.45) is 3.57. The summed E-state index contributed by atoms with van der Waals surface area (Å²) in [7, 11) is 3.06. The fraction of sp³-hybridized carbons (Fsp3) is 0.381. The molecule has 17 heteroatoms. The van der Waals surface area contributed by atoms with Crippen LogP contribution >= 0.6 is 23.2 Å². The van der Waals surface area contributed by atoms with Crippen LogP contribution in [0.4, 0.5) is 11.4 Å². The fourth-order valence-corrected chi connectivity index (χ4v) is 8.06. The van der Waals surface area contributed by atoms with Gasteiger partial charge in [-0.1, -0.05) is 29.3 Å². The van der Waals surface area contributed by atoms with Crippen LogP contribution in [0.25, 0.3) is 10.9 Å². The van der Waals surface area contributed by atoms with E-state index in [-0.39, 0.29) is 30.7 Å². The van der Waals surface area contributed by atoms with Crippen LogP contribution < -0.4 is 29.6 Å². The molecule has 4 aromatic rings. The van der Waals surface area contributed by atoms with E-state index in [0.29, 0.717) is 118 Å². The lowest BCUT2D eigenvalue weighted by Gasteiger charge is -2.34. The minimum Gasteiger partial charge on any atom is -0.495 e. The normalized spacial score (nSPS) is 16.7. The van der Waals surface area contributed by atoms with Crippen molar-refractivity contribution in [3.05, 3.63) is 75.4 Å². The summed E-state index contributed by atoms with van der Waals surface area (Å²) in [4.78, 5) is 60.4. The molecule has 3 aliphatic rings. The molecule has 59 heavy (non-hydrogen) atoms. The number of piperidine rings is 1. The van der Waals surface area contributed by atoms with Gasteiger partial charge in [-0.05, 0) is 43.5 Å². The molecular weight excluding hydrogens is 801 g/mol. The third kappa shape index (κ3) is 9.10. The lowest BCUT2D eigenvalue weighted by molar-refractivity contribution is -0.137. The molecule has 0 spiro atoms. The van der Waals surface area contributed by atoms with Crippen molar-refractivity contribution in [2.24, 2.45) is 0 Å². The number of piperazine rings is 1. The number of hydrogen-bond donors (Lipinski definition) is 2. The van der Waals surface area contributed by atoms with Crippen molar-refractivity contribution in [2.75, 3.05) is 65.5 Å². The lowest BCUT2D eigenvalue weighted by atomic mass is 10.0. The number of aromatic nitrogens is 1. The first-order valence-electron chi connectivity index (χ1n) is 19.3. The predicted molar refractivity (Wildman–Crippen MR) is 220 cm³/mol. The zero-order valence-electron chi connectivity index (χ0n) is 32.6. The molecular formula is C42H43Cl2N7O8. The van der Waals surface area contributed by atoms with Crippen LogP contribution in [0.15, 0.2) is 48.7 Å². The Bertz CT molecular complexity index is 2330. The molecule has 0 bridgehead atoms. The van der Waals surface area contributed by atoms with Crippen LogP contribution in [-0.4, -0.2) is 110 Å². The maximum Gasteiger partial charge on any atom is 0.255 e. The Morgan fingerprint density at radius 2 is 1.71 bits per heavy atom. The Kier molecular flexibility index (Phi) is 12.9. The van der Waals surface area contributed by atoms with Crippen molar-refractivity contribution in [1.82, 2.24) is 25.0 Å². The molecule has 3 aromatic carbocycles. The molecule has 2 fully saturated rings. The summed E-state index contributed by atoms with van der Waals surface area (Å²) < 4.78 is 23.2. The summed E-state index contributed by atoms with van der Waals surface area (Å²) in [5, 5.41) is 16.8. The molecule has 4 heterocycles. The van der Waals surface area contributed by atoms with Gasteiger partial charge in [0.1, 0.15) is 23.6 Å². The number of amides is 4. The molecule has 308 valence electrons. The average Bonchev–Trinajstić information content (AvgIpc) is 3.57. The molecule has 15 nitrogen and oxygen atoms in total. The van der Waals surface area contributed by atoms with Gasteiger partial charge in [-0.15, -0.1) is 0 Å². The topological polar surface area (TPSA) is 176 Å². The molecule has 4 amide bonds. The Balaban J connectivity index is 0.854. The van der Waals surface area contributed by atoms with Crippen LogP contribution in [0.3, 0.4) is 0 Å². The third-order valence-electron chi connectivity index (χ3n) is 10.7. The van der Waals surface area contributed by atoms with Gasteiger partial charge < -0.3 is 34.1 Å². The second kappa shape index (κ2) is 18.4. The SMILES string of the molecule is COc1cc(Nc2c(C#N)cnc3cc(OCCCN4CCN(C(=O)CCCOc5cccc6c5CN(C5CCC(=O)NC5=O)C6=O)CC4)c(OC)cc23)c(Cl)cc1Cl. The number of hydrogen-bond acceptors (Lipinski definition) is 12. The minimum atomic E-state index is -0.696. The number of imide groups is 1. The van der Waals surface area contributed by atoms with Gasteiger partial charge >= 0.3 is 0 Å². The molecule has 0 saturated carbocycles.